The maximum absolute atomic E-state index is 14.3. The van der Waals surface area contributed by atoms with Gasteiger partial charge in [-0.1, -0.05) is 0 Å². The number of rotatable bonds is 6. The van der Waals surface area contributed by atoms with Gasteiger partial charge in [-0.05, 0) is 35.9 Å². The predicted octanol–water partition coefficient (Wildman–Crippen LogP) is 3.72. The molecule has 6 nitrogen and oxygen atoms in total. The molecule has 2 heterocycles. The van der Waals surface area contributed by atoms with E-state index in [1.165, 1.54) is 37.6 Å². The normalized spacial score (nSPS) is 11.3. The van der Waals surface area contributed by atoms with E-state index in [-0.39, 0.29) is 22.9 Å². The highest BCUT2D eigenvalue weighted by molar-refractivity contribution is 7.89. The summed E-state index contributed by atoms with van der Waals surface area (Å²) in [5.74, 6) is -0.401. The second-order valence-corrected chi connectivity index (χ2v) is 8.28. The number of methoxy groups -OCH3 is 1. The number of ether oxygens (including phenoxy) is 1. The van der Waals surface area contributed by atoms with Crippen LogP contribution >= 0.6 is 0 Å². The summed E-state index contributed by atoms with van der Waals surface area (Å²) in [5, 5.41) is 2.92. The fourth-order valence-electron chi connectivity index (χ4n) is 2.67. The Hall–Kier alpha value is -3.07. The fraction of sp³-hybridized carbons (Fsp3) is 0.158. The Kier molecular flexibility index (Phi) is 5.55. The van der Waals surface area contributed by atoms with Crippen molar-refractivity contribution in [2.24, 2.45) is 0 Å². The highest BCUT2D eigenvalue weighted by Crippen LogP contribution is 2.33. The zero-order chi connectivity index (χ0) is 20.3. The molecule has 0 bridgehead atoms. The summed E-state index contributed by atoms with van der Waals surface area (Å²) in [6, 6.07) is 8.40. The zero-order valence-corrected chi connectivity index (χ0v) is 15.9. The number of benzene rings is 1. The van der Waals surface area contributed by atoms with Gasteiger partial charge in [0.05, 0.1) is 19.1 Å². The molecule has 3 aromatic rings. The molecule has 0 aliphatic carbocycles. The van der Waals surface area contributed by atoms with Crippen LogP contribution in [0.3, 0.4) is 0 Å². The minimum Gasteiger partial charge on any atom is -0.496 e. The van der Waals surface area contributed by atoms with Crippen LogP contribution in [0.4, 0.5) is 20.4 Å². The average molecular weight is 405 g/mol. The van der Waals surface area contributed by atoms with Gasteiger partial charge < -0.3 is 10.1 Å². The van der Waals surface area contributed by atoms with Crippen molar-refractivity contribution in [2.45, 2.75) is 5.75 Å². The van der Waals surface area contributed by atoms with Crippen LogP contribution in [-0.4, -0.2) is 31.8 Å². The molecule has 0 aliphatic rings. The van der Waals surface area contributed by atoms with E-state index in [4.69, 9.17) is 4.74 Å². The van der Waals surface area contributed by atoms with E-state index in [1.807, 2.05) is 0 Å². The molecule has 0 aliphatic heterocycles. The van der Waals surface area contributed by atoms with Crippen molar-refractivity contribution in [3.8, 4) is 16.9 Å². The predicted molar refractivity (Wildman–Crippen MR) is 102 cm³/mol. The van der Waals surface area contributed by atoms with Crippen molar-refractivity contribution < 1.29 is 21.9 Å². The third-order valence-electron chi connectivity index (χ3n) is 3.82. The number of anilines is 2. The number of nitrogens with zero attached hydrogens (tertiary/aromatic N) is 2. The standard InChI is InChI=1S/C19H17F2N3O3S/c1-27-17-8-13(20)3-4-14(17)15-9-19(23-10-16(15)21)24-18-7-12(5-6-22-18)11-28(2,25)26/h3-10H,11H2,1-2H3,(H,22,23,24). The number of hydrogen-bond acceptors (Lipinski definition) is 6. The molecular weight excluding hydrogens is 388 g/mol. The quantitative estimate of drug-likeness (QED) is 0.673. The third-order valence-corrected chi connectivity index (χ3v) is 4.68. The molecule has 0 saturated carbocycles. The van der Waals surface area contributed by atoms with Crippen molar-refractivity contribution in [3.05, 3.63) is 66.0 Å². The number of nitrogens with one attached hydrogen (secondary N) is 1. The molecule has 9 heteroatoms. The first-order valence-electron chi connectivity index (χ1n) is 8.14. The second-order valence-electron chi connectivity index (χ2n) is 6.14. The fourth-order valence-corrected chi connectivity index (χ4v) is 3.45. The van der Waals surface area contributed by atoms with Gasteiger partial charge in [0.25, 0.3) is 0 Å². The molecule has 0 atom stereocenters. The first-order valence-corrected chi connectivity index (χ1v) is 10.2. The number of sulfone groups is 1. The second kappa shape index (κ2) is 7.89. The molecule has 2 aromatic heterocycles. The van der Waals surface area contributed by atoms with Crippen molar-refractivity contribution in [2.75, 3.05) is 18.7 Å². The lowest BCUT2D eigenvalue weighted by molar-refractivity contribution is 0.412. The van der Waals surface area contributed by atoms with E-state index in [2.05, 4.69) is 15.3 Å². The van der Waals surface area contributed by atoms with Gasteiger partial charge in [-0.15, -0.1) is 0 Å². The molecule has 0 spiro atoms. The number of hydrogen-bond donors (Lipinski definition) is 1. The number of halogens is 2. The molecule has 146 valence electrons. The van der Waals surface area contributed by atoms with Gasteiger partial charge >= 0.3 is 0 Å². The van der Waals surface area contributed by atoms with E-state index in [0.29, 0.717) is 16.9 Å². The van der Waals surface area contributed by atoms with Crippen LogP contribution in [-0.2, 0) is 15.6 Å². The van der Waals surface area contributed by atoms with E-state index in [0.717, 1.165) is 12.5 Å². The van der Waals surface area contributed by atoms with Gasteiger partial charge in [-0.3, -0.25) is 0 Å². The van der Waals surface area contributed by atoms with Crippen LogP contribution < -0.4 is 10.1 Å². The SMILES string of the molecule is COc1cc(F)ccc1-c1cc(Nc2cc(CS(C)(=O)=O)ccn2)ncc1F. The first-order chi connectivity index (χ1) is 13.2. The molecule has 0 saturated heterocycles. The van der Waals surface area contributed by atoms with Crippen LogP contribution in [0.1, 0.15) is 5.56 Å². The molecule has 1 aromatic carbocycles. The minimum atomic E-state index is -3.19. The highest BCUT2D eigenvalue weighted by Gasteiger charge is 2.14. The van der Waals surface area contributed by atoms with E-state index >= 15 is 0 Å². The molecule has 0 unspecified atom stereocenters. The summed E-state index contributed by atoms with van der Waals surface area (Å²) in [7, 11) is -1.82. The summed E-state index contributed by atoms with van der Waals surface area (Å²) in [4.78, 5) is 8.10. The lowest BCUT2D eigenvalue weighted by Crippen LogP contribution is -2.03. The summed E-state index contributed by atoms with van der Waals surface area (Å²) in [6.45, 7) is 0. The number of pyridine rings is 2. The molecule has 0 radical (unpaired) electrons. The summed E-state index contributed by atoms with van der Waals surface area (Å²) < 4.78 is 55.8. The van der Waals surface area contributed by atoms with Crippen LogP contribution in [0, 0.1) is 11.6 Å². The number of aromatic nitrogens is 2. The van der Waals surface area contributed by atoms with Crippen molar-refractivity contribution in [3.63, 3.8) is 0 Å². The molecule has 3 rings (SSSR count). The topological polar surface area (TPSA) is 81.2 Å². The lowest BCUT2D eigenvalue weighted by Gasteiger charge is -2.12. The van der Waals surface area contributed by atoms with Crippen molar-refractivity contribution >= 4 is 21.5 Å². The van der Waals surface area contributed by atoms with E-state index in [1.54, 1.807) is 12.1 Å². The molecule has 1 N–H and O–H groups in total. The van der Waals surface area contributed by atoms with Crippen LogP contribution in [0.2, 0.25) is 0 Å². The van der Waals surface area contributed by atoms with Crippen LogP contribution in [0.5, 0.6) is 5.75 Å². The highest BCUT2D eigenvalue weighted by atomic mass is 32.2. The van der Waals surface area contributed by atoms with Gasteiger partial charge in [0, 0.05) is 29.6 Å². The van der Waals surface area contributed by atoms with E-state index < -0.39 is 21.5 Å². The smallest absolute Gasteiger partial charge is 0.151 e. The van der Waals surface area contributed by atoms with Crippen molar-refractivity contribution in [1.82, 2.24) is 9.97 Å². The van der Waals surface area contributed by atoms with Gasteiger partial charge in [-0.2, -0.15) is 0 Å². The molecule has 0 amide bonds. The summed E-state index contributed by atoms with van der Waals surface area (Å²) >= 11 is 0. The Morgan fingerprint density at radius 3 is 2.50 bits per heavy atom. The Bertz CT molecular complexity index is 1120. The van der Waals surface area contributed by atoms with E-state index in [9.17, 15) is 17.2 Å². The third kappa shape index (κ3) is 4.80. The lowest BCUT2D eigenvalue weighted by atomic mass is 10.0. The largest absolute Gasteiger partial charge is 0.496 e. The van der Waals surface area contributed by atoms with Gasteiger partial charge in [0.15, 0.2) is 9.84 Å². The van der Waals surface area contributed by atoms with Crippen LogP contribution in [0.15, 0.2) is 48.8 Å². The van der Waals surface area contributed by atoms with Gasteiger partial charge in [0.2, 0.25) is 0 Å². The summed E-state index contributed by atoms with van der Waals surface area (Å²) in [5.41, 5.74) is 1.09. The first kappa shape index (κ1) is 19.7. The maximum Gasteiger partial charge on any atom is 0.151 e. The summed E-state index contributed by atoms with van der Waals surface area (Å²) in [6.07, 6.45) is 3.64. The molecule has 28 heavy (non-hydrogen) atoms. The molecular formula is C19H17F2N3O3S. The Balaban J connectivity index is 1.94. The Labute approximate surface area is 161 Å². The maximum atomic E-state index is 14.3. The van der Waals surface area contributed by atoms with Crippen molar-refractivity contribution in [1.29, 1.82) is 0 Å². The Morgan fingerprint density at radius 2 is 1.79 bits per heavy atom. The van der Waals surface area contributed by atoms with Gasteiger partial charge in [0.1, 0.15) is 29.0 Å². The average Bonchev–Trinajstić information content (AvgIpc) is 2.62. The Morgan fingerprint density at radius 1 is 1.04 bits per heavy atom. The minimum absolute atomic E-state index is 0.126. The van der Waals surface area contributed by atoms with Crippen LogP contribution in [0.25, 0.3) is 11.1 Å². The monoisotopic (exact) mass is 405 g/mol. The molecule has 0 fully saturated rings. The van der Waals surface area contributed by atoms with Gasteiger partial charge in [-0.25, -0.2) is 27.2 Å². The zero-order valence-electron chi connectivity index (χ0n) is 15.1.